The molecule has 0 saturated carbocycles. The molecule has 1 aliphatic carbocycles. The van der Waals surface area contributed by atoms with Crippen molar-refractivity contribution in [2.45, 2.75) is 89.9 Å². The van der Waals surface area contributed by atoms with Crippen LogP contribution >= 0.6 is 0 Å². The Morgan fingerprint density at radius 1 is 1.10 bits per heavy atom. The SMILES string of the molecule is COC1=C(B2OC(C)(C)C(C)(C)O2)C=CCC1(C)S(=O)(=O)n1c(CNC(=O)OC(C)(C)C)cc2ccccc21. The Bertz CT molecular complexity index is 1430. The highest BCUT2D eigenvalue weighted by Gasteiger charge is 2.56. The first-order valence-corrected chi connectivity index (χ1v) is 14.5. The maximum atomic E-state index is 14.7. The molecule has 1 aromatic heterocycles. The van der Waals surface area contributed by atoms with E-state index in [1.807, 2.05) is 52.0 Å². The fourth-order valence-electron chi connectivity index (χ4n) is 4.87. The Morgan fingerprint density at radius 3 is 2.31 bits per heavy atom. The van der Waals surface area contributed by atoms with E-state index >= 15 is 0 Å². The number of ether oxygens (including phenoxy) is 2. The average Bonchev–Trinajstić information content (AvgIpc) is 3.29. The number of methoxy groups -OCH3 is 1. The Morgan fingerprint density at radius 2 is 1.72 bits per heavy atom. The number of amides is 1. The Labute approximate surface area is 231 Å². The Kier molecular flexibility index (Phi) is 7.28. The van der Waals surface area contributed by atoms with E-state index in [1.165, 1.54) is 11.1 Å². The molecule has 1 aromatic carbocycles. The first-order valence-electron chi connectivity index (χ1n) is 13.1. The molecular weight excluding hydrogens is 519 g/mol. The van der Waals surface area contributed by atoms with Crippen LogP contribution in [0.2, 0.25) is 0 Å². The van der Waals surface area contributed by atoms with Gasteiger partial charge in [-0.1, -0.05) is 30.4 Å². The zero-order valence-corrected chi connectivity index (χ0v) is 25.1. The molecule has 9 nitrogen and oxygen atoms in total. The summed E-state index contributed by atoms with van der Waals surface area (Å²) in [4.78, 5) is 12.4. The lowest BCUT2D eigenvalue weighted by atomic mass is 9.72. The number of hydrogen-bond acceptors (Lipinski definition) is 7. The molecule has 2 aliphatic rings. The smallest absolute Gasteiger partial charge is 0.498 e. The van der Waals surface area contributed by atoms with Gasteiger partial charge in [0.05, 0.1) is 36.1 Å². The van der Waals surface area contributed by atoms with Crippen molar-refractivity contribution in [1.82, 2.24) is 9.29 Å². The van der Waals surface area contributed by atoms with E-state index < -0.39 is 44.8 Å². The molecule has 0 bridgehead atoms. The van der Waals surface area contributed by atoms with Gasteiger partial charge in [-0.25, -0.2) is 17.2 Å². The van der Waals surface area contributed by atoms with Crippen molar-refractivity contribution in [3.63, 3.8) is 0 Å². The van der Waals surface area contributed by atoms with Gasteiger partial charge in [-0.3, -0.25) is 0 Å². The number of benzene rings is 1. The van der Waals surface area contributed by atoms with Crippen LogP contribution in [0.1, 0.15) is 67.5 Å². The maximum Gasteiger partial charge on any atom is 0.498 e. The largest absolute Gasteiger partial charge is 0.500 e. The number of rotatable bonds is 6. The summed E-state index contributed by atoms with van der Waals surface area (Å²) in [6.45, 7) is 14.7. The van der Waals surface area contributed by atoms with Gasteiger partial charge in [-0.2, -0.15) is 0 Å². The molecular formula is C28H39BN2O7S. The minimum Gasteiger partial charge on any atom is -0.500 e. The van der Waals surface area contributed by atoms with Crippen molar-refractivity contribution in [2.24, 2.45) is 0 Å². The minimum absolute atomic E-state index is 0.0507. The third-order valence-electron chi connectivity index (χ3n) is 7.62. The van der Waals surface area contributed by atoms with Crippen LogP contribution in [0.3, 0.4) is 0 Å². The normalized spacial score (nSPS) is 22.8. The van der Waals surface area contributed by atoms with Crippen molar-refractivity contribution >= 4 is 34.1 Å². The van der Waals surface area contributed by atoms with Crippen LogP contribution in [0, 0.1) is 0 Å². The first kappa shape index (κ1) is 29.2. The number of alkyl carbamates (subject to hydrolysis) is 1. The molecule has 1 saturated heterocycles. The fourth-order valence-corrected chi connectivity index (χ4v) is 6.87. The molecule has 2 aromatic rings. The summed E-state index contributed by atoms with van der Waals surface area (Å²) in [6, 6.07) is 8.97. The van der Waals surface area contributed by atoms with Gasteiger partial charge >= 0.3 is 13.2 Å². The van der Waals surface area contributed by atoms with Crippen molar-refractivity contribution in [2.75, 3.05) is 7.11 Å². The van der Waals surface area contributed by atoms with Gasteiger partial charge in [0.25, 0.3) is 10.0 Å². The molecule has 0 spiro atoms. The van der Waals surface area contributed by atoms with E-state index in [4.69, 9.17) is 18.8 Å². The van der Waals surface area contributed by atoms with E-state index in [9.17, 15) is 13.2 Å². The second-order valence-electron chi connectivity index (χ2n) is 12.2. The van der Waals surface area contributed by atoms with E-state index in [1.54, 1.807) is 45.9 Å². The fraction of sp³-hybridized carbons (Fsp3) is 0.536. The van der Waals surface area contributed by atoms with E-state index in [-0.39, 0.29) is 18.7 Å². The van der Waals surface area contributed by atoms with Gasteiger partial charge in [0.2, 0.25) is 0 Å². The zero-order valence-electron chi connectivity index (χ0n) is 24.2. The number of nitrogens with one attached hydrogen (secondary N) is 1. The lowest BCUT2D eigenvalue weighted by Gasteiger charge is -2.35. The summed E-state index contributed by atoms with van der Waals surface area (Å²) < 4.78 is 52.8. The van der Waals surface area contributed by atoms with Crippen LogP contribution in [-0.4, -0.2) is 54.3 Å². The highest BCUT2D eigenvalue weighted by atomic mass is 32.2. The van der Waals surface area contributed by atoms with Crippen molar-refractivity contribution in [3.8, 4) is 0 Å². The Hall–Kier alpha value is -2.76. The first-order chi connectivity index (χ1) is 17.9. The van der Waals surface area contributed by atoms with Crippen molar-refractivity contribution in [3.05, 3.63) is 59.4 Å². The summed E-state index contributed by atoms with van der Waals surface area (Å²) in [7, 11) is -3.50. The molecule has 1 aliphatic heterocycles. The van der Waals surface area contributed by atoms with Gasteiger partial charge in [-0.15, -0.1) is 0 Å². The van der Waals surface area contributed by atoms with Gasteiger partial charge in [-0.05, 0) is 73.9 Å². The molecule has 2 heterocycles. The minimum atomic E-state index is -4.16. The zero-order chi connectivity index (χ0) is 29.0. The number of hydrogen-bond donors (Lipinski definition) is 1. The van der Waals surface area contributed by atoms with Crippen LogP contribution in [-0.2, 0) is 35.4 Å². The van der Waals surface area contributed by atoms with E-state index in [0.717, 1.165) is 5.39 Å². The summed E-state index contributed by atoms with van der Waals surface area (Å²) in [5.41, 5.74) is -0.485. The summed E-state index contributed by atoms with van der Waals surface area (Å²) in [5, 5.41) is 3.43. The number of allylic oxidation sites excluding steroid dienone is 3. The highest BCUT2D eigenvalue weighted by molar-refractivity contribution is 7.91. The molecule has 212 valence electrons. The molecule has 1 N–H and O–H groups in total. The van der Waals surface area contributed by atoms with Crippen LogP contribution in [0.15, 0.2) is 53.7 Å². The number of fused-ring (bicyclic) bond motifs is 1. The molecule has 0 radical (unpaired) electrons. The molecule has 1 amide bonds. The van der Waals surface area contributed by atoms with Crippen molar-refractivity contribution < 1.29 is 32.0 Å². The lowest BCUT2D eigenvalue weighted by Crippen LogP contribution is -2.45. The average molecular weight is 559 g/mol. The third-order valence-corrected chi connectivity index (χ3v) is 10.0. The topological polar surface area (TPSA) is 105 Å². The second-order valence-corrected chi connectivity index (χ2v) is 14.4. The van der Waals surface area contributed by atoms with Crippen molar-refractivity contribution in [1.29, 1.82) is 0 Å². The van der Waals surface area contributed by atoms with Gasteiger partial charge in [0.15, 0.2) is 0 Å². The quantitative estimate of drug-likeness (QED) is 0.492. The molecule has 1 unspecified atom stereocenters. The molecule has 1 fully saturated rings. The maximum absolute atomic E-state index is 14.7. The highest BCUT2D eigenvalue weighted by Crippen LogP contribution is 2.45. The number of nitrogens with zero attached hydrogens (tertiary/aromatic N) is 1. The molecule has 4 rings (SSSR count). The second kappa shape index (κ2) is 9.71. The van der Waals surface area contributed by atoms with Crippen LogP contribution < -0.4 is 5.32 Å². The van der Waals surface area contributed by atoms with Gasteiger partial charge < -0.3 is 24.1 Å². The number of aromatic nitrogens is 1. The van der Waals surface area contributed by atoms with Crippen LogP contribution in [0.25, 0.3) is 10.9 Å². The predicted octanol–water partition coefficient (Wildman–Crippen LogP) is 5.09. The summed E-state index contributed by atoms with van der Waals surface area (Å²) in [5.74, 6) is 0.257. The van der Waals surface area contributed by atoms with E-state index in [2.05, 4.69) is 5.32 Å². The van der Waals surface area contributed by atoms with Gasteiger partial charge in [0, 0.05) is 10.9 Å². The van der Waals surface area contributed by atoms with Gasteiger partial charge in [0.1, 0.15) is 16.1 Å². The molecule has 39 heavy (non-hydrogen) atoms. The lowest BCUT2D eigenvalue weighted by molar-refractivity contribution is 0.00578. The third kappa shape index (κ3) is 5.12. The number of carbonyl (C=O) groups excluding carboxylic acids is 1. The number of para-hydroxylation sites is 1. The summed E-state index contributed by atoms with van der Waals surface area (Å²) in [6.07, 6.45) is 3.17. The number of carbonyl (C=O) groups is 1. The molecule has 11 heteroatoms. The van der Waals surface area contributed by atoms with Crippen LogP contribution in [0.5, 0.6) is 0 Å². The monoisotopic (exact) mass is 558 g/mol. The Balaban J connectivity index is 1.80. The summed E-state index contributed by atoms with van der Waals surface area (Å²) >= 11 is 0. The van der Waals surface area contributed by atoms with E-state index in [0.29, 0.717) is 16.7 Å². The predicted molar refractivity (Wildman–Crippen MR) is 152 cm³/mol. The molecule has 1 atom stereocenters. The standard InChI is InChI=1S/C28H39BN2O7S/c1-25(2,3)36-24(32)30-18-20-17-19-13-10-11-15-22(19)31(20)39(33,34)28(8)16-12-14-21(23(28)35-9)29-37-26(4,5)27(6,7)38-29/h10-15,17H,16,18H2,1-9H3,(H,30,32). The van der Waals surface area contributed by atoms with Crippen LogP contribution in [0.4, 0.5) is 4.79 Å².